The van der Waals surface area contributed by atoms with Gasteiger partial charge in [-0.05, 0) is 29.5 Å². The lowest BCUT2D eigenvalue weighted by molar-refractivity contribution is -0.122. The van der Waals surface area contributed by atoms with Crippen LogP contribution in [0.4, 0.5) is 0 Å². The molecule has 2 N–H and O–H groups in total. The SMILES string of the molecule is Cc1cccc2c1C(C(=O)NCC(C)C)CNC2. The third-order valence-corrected chi connectivity index (χ3v) is 3.43. The molecule has 1 heterocycles. The summed E-state index contributed by atoms with van der Waals surface area (Å²) < 4.78 is 0. The minimum Gasteiger partial charge on any atom is -0.355 e. The first-order valence-corrected chi connectivity index (χ1v) is 6.66. The fourth-order valence-electron chi connectivity index (χ4n) is 2.50. The number of carbonyl (C=O) groups is 1. The van der Waals surface area contributed by atoms with Crippen LogP contribution in [0.3, 0.4) is 0 Å². The zero-order valence-corrected chi connectivity index (χ0v) is 11.4. The summed E-state index contributed by atoms with van der Waals surface area (Å²) in [4.78, 5) is 12.3. The van der Waals surface area contributed by atoms with Crippen LogP contribution in [0.2, 0.25) is 0 Å². The van der Waals surface area contributed by atoms with Crippen molar-refractivity contribution in [2.75, 3.05) is 13.1 Å². The third kappa shape index (κ3) is 2.72. The van der Waals surface area contributed by atoms with Crippen LogP contribution in [0.5, 0.6) is 0 Å². The molecule has 1 aliphatic heterocycles. The molecule has 1 aromatic carbocycles. The molecular formula is C15H22N2O. The second kappa shape index (κ2) is 5.53. The van der Waals surface area contributed by atoms with Gasteiger partial charge in [0.2, 0.25) is 5.91 Å². The van der Waals surface area contributed by atoms with Gasteiger partial charge in [0.1, 0.15) is 0 Å². The van der Waals surface area contributed by atoms with Gasteiger partial charge >= 0.3 is 0 Å². The van der Waals surface area contributed by atoms with E-state index in [0.717, 1.165) is 19.6 Å². The van der Waals surface area contributed by atoms with Crippen LogP contribution in [0, 0.1) is 12.8 Å². The molecule has 1 atom stereocenters. The number of benzene rings is 1. The number of aryl methyl sites for hydroxylation is 1. The summed E-state index contributed by atoms with van der Waals surface area (Å²) in [6.07, 6.45) is 0. The summed E-state index contributed by atoms with van der Waals surface area (Å²) in [6.45, 7) is 8.66. The molecule has 1 aliphatic rings. The Labute approximate surface area is 109 Å². The molecule has 0 radical (unpaired) electrons. The molecule has 0 bridgehead atoms. The molecule has 1 aromatic rings. The van der Waals surface area contributed by atoms with E-state index in [-0.39, 0.29) is 11.8 Å². The van der Waals surface area contributed by atoms with Gasteiger partial charge in [-0.15, -0.1) is 0 Å². The summed E-state index contributed by atoms with van der Waals surface area (Å²) >= 11 is 0. The van der Waals surface area contributed by atoms with Gasteiger partial charge in [0, 0.05) is 19.6 Å². The van der Waals surface area contributed by atoms with E-state index in [0.29, 0.717) is 5.92 Å². The van der Waals surface area contributed by atoms with Gasteiger partial charge in [-0.2, -0.15) is 0 Å². The number of rotatable bonds is 3. The molecule has 3 heteroatoms. The number of hydrogen-bond donors (Lipinski definition) is 2. The first-order valence-electron chi connectivity index (χ1n) is 6.66. The lowest BCUT2D eigenvalue weighted by Gasteiger charge is -2.27. The molecule has 3 nitrogen and oxygen atoms in total. The molecule has 0 aromatic heterocycles. The van der Waals surface area contributed by atoms with E-state index in [1.54, 1.807) is 0 Å². The topological polar surface area (TPSA) is 41.1 Å². The zero-order chi connectivity index (χ0) is 13.1. The minimum atomic E-state index is -0.0475. The van der Waals surface area contributed by atoms with Gasteiger partial charge in [0.25, 0.3) is 0 Å². The fraction of sp³-hybridized carbons (Fsp3) is 0.533. The van der Waals surface area contributed by atoms with E-state index < -0.39 is 0 Å². The molecule has 18 heavy (non-hydrogen) atoms. The van der Waals surface area contributed by atoms with E-state index in [1.165, 1.54) is 16.7 Å². The van der Waals surface area contributed by atoms with Gasteiger partial charge in [0.05, 0.1) is 5.92 Å². The van der Waals surface area contributed by atoms with Crippen molar-refractivity contribution in [3.05, 3.63) is 34.9 Å². The summed E-state index contributed by atoms with van der Waals surface area (Å²) in [5, 5.41) is 6.37. The minimum absolute atomic E-state index is 0.0475. The van der Waals surface area contributed by atoms with Crippen LogP contribution >= 0.6 is 0 Å². The number of hydrogen-bond acceptors (Lipinski definition) is 2. The normalized spacial score (nSPS) is 18.6. The van der Waals surface area contributed by atoms with Crippen LogP contribution in [0.15, 0.2) is 18.2 Å². The first kappa shape index (κ1) is 13.1. The zero-order valence-electron chi connectivity index (χ0n) is 11.4. The van der Waals surface area contributed by atoms with E-state index in [4.69, 9.17) is 0 Å². The number of nitrogens with one attached hydrogen (secondary N) is 2. The van der Waals surface area contributed by atoms with Crippen LogP contribution in [-0.4, -0.2) is 19.0 Å². The monoisotopic (exact) mass is 246 g/mol. The van der Waals surface area contributed by atoms with Crippen molar-refractivity contribution in [1.29, 1.82) is 0 Å². The Hall–Kier alpha value is -1.35. The second-order valence-electron chi connectivity index (χ2n) is 5.47. The molecule has 0 spiro atoms. The molecule has 0 saturated heterocycles. The molecule has 98 valence electrons. The Morgan fingerprint density at radius 1 is 1.50 bits per heavy atom. The maximum atomic E-state index is 12.3. The average Bonchev–Trinajstić information content (AvgIpc) is 2.35. The Balaban J connectivity index is 2.19. The summed E-state index contributed by atoms with van der Waals surface area (Å²) in [7, 11) is 0. The van der Waals surface area contributed by atoms with E-state index in [1.807, 2.05) is 0 Å². The maximum Gasteiger partial charge on any atom is 0.228 e. The highest BCUT2D eigenvalue weighted by molar-refractivity contribution is 5.85. The molecule has 1 amide bonds. The lowest BCUT2D eigenvalue weighted by atomic mass is 9.86. The predicted octanol–water partition coefficient (Wildman–Crippen LogP) is 1.95. The van der Waals surface area contributed by atoms with Crippen LogP contribution in [0.1, 0.15) is 36.5 Å². The summed E-state index contributed by atoms with van der Waals surface area (Å²) in [5.41, 5.74) is 3.70. The van der Waals surface area contributed by atoms with E-state index in [9.17, 15) is 4.79 Å². The van der Waals surface area contributed by atoms with Gasteiger partial charge in [-0.1, -0.05) is 32.0 Å². The van der Waals surface area contributed by atoms with E-state index in [2.05, 4.69) is 49.6 Å². The number of fused-ring (bicyclic) bond motifs is 1. The maximum absolute atomic E-state index is 12.3. The van der Waals surface area contributed by atoms with Crippen molar-refractivity contribution in [1.82, 2.24) is 10.6 Å². The third-order valence-electron chi connectivity index (χ3n) is 3.43. The van der Waals surface area contributed by atoms with Crippen molar-refractivity contribution in [3.8, 4) is 0 Å². The van der Waals surface area contributed by atoms with Gasteiger partial charge in [-0.25, -0.2) is 0 Å². The van der Waals surface area contributed by atoms with Crippen molar-refractivity contribution in [3.63, 3.8) is 0 Å². The standard InChI is InChI=1S/C15H22N2O/c1-10(2)7-17-15(18)13-9-16-8-12-6-4-5-11(3)14(12)13/h4-6,10,13,16H,7-9H2,1-3H3,(H,17,18). The van der Waals surface area contributed by atoms with Gasteiger partial charge < -0.3 is 10.6 Å². The Morgan fingerprint density at radius 2 is 2.28 bits per heavy atom. The largest absolute Gasteiger partial charge is 0.355 e. The molecule has 0 saturated carbocycles. The molecule has 2 rings (SSSR count). The molecular weight excluding hydrogens is 224 g/mol. The fourth-order valence-corrected chi connectivity index (χ4v) is 2.50. The smallest absolute Gasteiger partial charge is 0.228 e. The van der Waals surface area contributed by atoms with Crippen molar-refractivity contribution in [2.45, 2.75) is 33.2 Å². The van der Waals surface area contributed by atoms with Crippen molar-refractivity contribution in [2.24, 2.45) is 5.92 Å². The number of carbonyl (C=O) groups excluding carboxylic acids is 1. The average molecular weight is 246 g/mol. The molecule has 1 unspecified atom stereocenters. The predicted molar refractivity (Wildman–Crippen MR) is 73.5 cm³/mol. The van der Waals surface area contributed by atoms with Crippen molar-refractivity contribution < 1.29 is 4.79 Å². The van der Waals surface area contributed by atoms with Crippen LogP contribution in [-0.2, 0) is 11.3 Å². The van der Waals surface area contributed by atoms with Crippen molar-refractivity contribution >= 4 is 5.91 Å². The Bertz CT molecular complexity index is 440. The molecule has 0 fully saturated rings. The Kier molecular flexibility index (Phi) is 4.02. The quantitative estimate of drug-likeness (QED) is 0.856. The molecule has 0 aliphatic carbocycles. The second-order valence-corrected chi connectivity index (χ2v) is 5.47. The highest BCUT2D eigenvalue weighted by atomic mass is 16.1. The highest BCUT2D eigenvalue weighted by Gasteiger charge is 2.27. The first-order chi connectivity index (χ1) is 8.59. The van der Waals surface area contributed by atoms with Crippen LogP contribution < -0.4 is 10.6 Å². The summed E-state index contributed by atoms with van der Waals surface area (Å²) in [6, 6.07) is 6.26. The number of amides is 1. The van der Waals surface area contributed by atoms with Crippen LogP contribution in [0.25, 0.3) is 0 Å². The van der Waals surface area contributed by atoms with Gasteiger partial charge in [-0.3, -0.25) is 4.79 Å². The lowest BCUT2D eigenvalue weighted by Crippen LogP contribution is -2.40. The summed E-state index contributed by atoms with van der Waals surface area (Å²) in [5.74, 6) is 0.585. The van der Waals surface area contributed by atoms with Gasteiger partial charge in [0.15, 0.2) is 0 Å². The van der Waals surface area contributed by atoms with E-state index >= 15 is 0 Å². The highest BCUT2D eigenvalue weighted by Crippen LogP contribution is 2.27. The Morgan fingerprint density at radius 3 is 3.00 bits per heavy atom.